The van der Waals surface area contributed by atoms with E-state index in [1.165, 1.54) is 4.90 Å². The number of rotatable bonds is 4. The van der Waals surface area contributed by atoms with E-state index in [1.807, 2.05) is 35.2 Å². The Morgan fingerprint density at radius 1 is 0.786 bits per heavy atom. The standard InChI is InChI=1S/C23H24N2O3/c26-21-18-12-6-7-13-19(18)22(27)25(21)20(16-17-10-4-3-5-11-17)23(28)24-14-8-1-2-9-15-24/h3-7,10-13,20H,1-2,8-9,14-16H2. The second kappa shape index (κ2) is 7.97. The van der Waals surface area contributed by atoms with E-state index >= 15 is 0 Å². The largest absolute Gasteiger partial charge is 0.341 e. The molecular weight excluding hydrogens is 352 g/mol. The van der Waals surface area contributed by atoms with E-state index in [0.29, 0.717) is 30.6 Å². The number of nitrogens with zero attached hydrogens (tertiary/aromatic N) is 2. The highest BCUT2D eigenvalue weighted by atomic mass is 16.2. The van der Waals surface area contributed by atoms with E-state index < -0.39 is 6.04 Å². The molecule has 0 spiro atoms. The first kappa shape index (κ1) is 18.4. The first-order chi connectivity index (χ1) is 13.7. The third-order valence-electron chi connectivity index (χ3n) is 5.61. The molecule has 1 saturated heterocycles. The molecule has 5 nitrogen and oxygen atoms in total. The van der Waals surface area contributed by atoms with Gasteiger partial charge in [0.15, 0.2) is 0 Å². The van der Waals surface area contributed by atoms with Crippen LogP contribution >= 0.6 is 0 Å². The fourth-order valence-corrected chi connectivity index (χ4v) is 4.12. The van der Waals surface area contributed by atoms with Crippen LogP contribution in [0.25, 0.3) is 0 Å². The summed E-state index contributed by atoms with van der Waals surface area (Å²) in [4.78, 5) is 42.5. The van der Waals surface area contributed by atoms with Gasteiger partial charge in [0.2, 0.25) is 5.91 Å². The summed E-state index contributed by atoms with van der Waals surface area (Å²) in [6.07, 6.45) is 4.49. The first-order valence-corrected chi connectivity index (χ1v) is 9.96. The molecule has 2 aromatic carbocycles. The zero-order chi connectivity index (χ0) is 19.5. The van der Waals surface area contributed by atoms with E-state index in [9.17, 15) is 14.4 Å². The number of carbonyl (C=O) groups excluding carboxylic acids is 3. The zero-order valence-electron chi connectivity index (χ0n) is 15.8. The van der Waals surface area contributed by atoms with Crippen molar-refractivity contribution in [3.8, 4) is 0 Å². The van der Waals surface area contributed by atoms with Gasteiger partial charge in [-0.05, 0) is 30.5 Å². The smallest absolute Gasteiger partial charge is 0.262 e. The number of fused-ring (bicyclic) bond motifs is 1. The fourth-order valence-electron chi connectivity index (χ4n) is 4.12. The molecule has 0 radical (unpaired) electrons. The van der Waals surface area contributed by atoms with Crippen molar-refractivity contribution in [2.45, 2.75) is 38.1 Å². The number of carbonyl (C=O) groups is 3. The van der Waals surface area contributed by atoms with E-state index in [4.69, 9.17) is 0 Å². The maximum absolute atomic E-state index is 13.5. The number of likely N-dealkylation sites (tertiary alicyclic amines) is 1. The molecule has 2 aliphatic rings. The van der Waals surface area contributed by atoms with Gasteiger partial charge in [0.25, 0.3) is 11.8 Å². The maximum atomic E-state index is 13.5. The summed E-state index contributed by atoms with van der Waals surface area (Å²) in [5, 5.41) is 0. The average Bonchev–Trinajstić information content (AvgIpc) is 2.91. The summed E-state index contributed by atoms with van der Waals surface area (Å²) in [5.74, 6) is -0.866. The Bertz CT molecular complexity index is 851. The lowest BCUT2D eigenvalue weighted by atomic mass is 10.0. The van der Waals surface area contributed by atoms with Crippen molar-refractivity contribution in [3.63, 3.8) is 0 Å². The van der Waals surface area contributed by atoms with Gasteiger partial charge < -0.3 is 4.90 Å². The van der Waals surface area contributed by atoms with Crippen molar-refractivity contribution in [1.82, 2.24) is 9.80 Å². The molecule has 0 aliphatic carbocycles. The summed E-state index contributed by atoms with van der Waals surface area (Å²) in [5.41, 5.74) is 1.70. The molecular formula is C23H24N2O3. The van der Waals surface area contributed by atoms with Crippen molar-refractivity contribution in [2.75, 3.05) is 13.1 Å². The van der Waals surface area contributed by atoms with Crippen molar-refractivity contribution in [2.24, 2.45) is 0 Å². The van der Waals surface area contributed by atoms with Gasteiger partial charge in [0.05, 0.1) is 11.1 Å². The Morgan fingerprint density at radius 2 is 1.32 bits per heavy atom. The predicted octanol–water partition coefficient (Wildman–Crippen LogP) is 3.30. The maximum Gasteiger partial charge on any atom is 0.262 e. The number of benzene rings is 2. The van der Waals surface area contributed by atoms with Crippen LogP contribution in [0.3, 0.4) is 0 Å². The van der Waals surface area contributed by atoms with Crippen LogP contribution in [0, 0.1) is 0 Å². The molecule has 5 heteroatoms. The molecule has 1 fully saturated rings. The average molecular weight is 376 g/mol. The number of hydrogen-bond donors (Lipinski definition) is 0. The Morgan fingerprint density at radius 3 is 1.89 bits per heavy atom. The normalized spacial score (nSPS) is 18.0. The van der Waals surface area contributed by atoms with E-state index in [1.54, 1.807) is 24.3 Å². The molecule has 28 heavy (non-hydrogen) atoms. The lowest BCUT2D eigenvalue weighted by Gasteiger charge is -2.31. The van der Waals surface area contributed by atoms with Gasteiger partial charge >= 0.3 is 0 Å². The van der Waals surface area contributed by atoms with Crippen molar-refractivity contribution in [3.05, 3.63) is 71.3 Å². The van der Waals surface area contributed by atoms with Gasteiger partial charge in [0.1, 0.15) is 6.04 Å². The summed E-state index contributed by atoms with van der Waals surface area (Å²) >= 11 is 0. The minimum atomic E-state index is -0.812. The van der Waals surface area contributed by atoms with Gasteiger partial charge in [-0.25, -0.2) is 0 Å². The van der Waals surface area contributed by atoms with Gasteiger partial charge in [-0.1, -0.05) is 55.3 Å². The third kappa shape index (κ3) is 3.44. The van der Waals surface area contributed by atoms with Crippen LogP contribution in [-0.2, 0) is 11.2 Å². The highest BCUT2D eigenvalue weighted by Crippen LogP contribution is 2.27. The summed E-state index contributed by atoms with van der Waals surface area (Å²) in [6, 6.07) is 15.6. The van der Waals surface area contributed by atoms with Crippen molar-refractivity contribution >= 4 is 17.7 Å². The minimum absolute atomic E-state index is 0.125. The van der Waals surface area contributed by atoms with E-state index in [0.717, 1.165) is 31.2 Å². The zero-order valence-corrected chi connectivity index (χ0v) is 15.8. The second-order valence-corrected chi connectivity index (χ2v) is 7.47. The topological polar surface area (TPSA) is 57.7 Å². The lowest BCUT2D eigenvalue weighted by molar-refractivity contribution is -0.135. The number of hydrogen-bond acceptors (Lipinski definition) is 3. The van der Waals surface area contributed by atoms with Crippen LogP contribution in [-0.4, -0.2) is 46.7 Å². The fraction of sp³-hybridized carbons (Fsp3) is 0.348. The van der Waals surface area contributed by atoms with Crippen LogP contribution < -0.4 is 0 Å². The Balaban J connectivity index is 1.68. The highest BCUT2D eigenvalue weighted by molar-refractivity contribution is 6.22. The third-order valence-corrected chi connectivity index (χ3v) is 5.61. The molecule has 0 saturated carbocycles. The molecule has 2 aliphatic heterocycles. The summed E-state index contributed by atoms with van der Waals surface area (Å²) in [7, 11) is 0. The van der Waals surface area contributed by atoms with Crippen LogP contribution in [0.15, 0.2) is 54.6 Å². The molecule has 1 unspecified atom stereocenters. The Labute approximate surface area is 164 Å². The molecule has 0 N–H and O–H groups in total. The lowest BCUT2D eigenvalue weighted by Crippen LogP contribution is -2.52. The van der Waals surface area contributed by atoms with E-state index in [2.05, 4.69) is 0 Å². The number of imide groups is 1. The highest BCUT2D eigenvalue weighted by Gasteiger charge is 2.43. The molecule has 4 rings (SSSR count). The monoisotopic (exact) mass is 376 g/mol. The second-order valence-electron chi connectivity index (χ2n) is 7.47. The quantitative estimate of drug-likeness (QED) is 0.770. The molecule has 1 atom stereocenters. The van der Waals surface area contributed by atoms with Crippen molar-refractivity contribution < 1.29 is 14.4 Å². The summed E-state index contributed by atoms with van der Waals surface area (Å²) < 4.78 is 0. The molecule has 2 heterocycles. The van der Waals surface area contributed by atoms with Gasteiger partial charge in [-0.3, -0.25) is 19.3 Å². The Hall–Kier alpha value is -2.95. The van der Waals surface area contributed by atoms with Crippen LogP contribution in [0.4, 0.5) is 0 Å². The molecule has 0 aromatic heterocycles. The minimum Gasteiger partial charge on any atom is -0.341 e. The summed E-state index contributed by atoms with van der Waals surface area (Å²) in [6.45, 7) is 1.38. The SMILES string of the molecule is O=C(C(Cc1ccccc1)N1C(=O)c2ccccc2C1=O)N1CCCCCC1. The molecule has 144 valence electrons. The van der Waals surface area contributed by atoms with Crippen molar-refractivity contribution in [1.29, 1.82) is 0 Å². The van der Waals surface area contributed by atoms with Crippen LogP contribution in [0.2, 0.25) is 0 Å². The first-order valence-electron chi connectivity index (χ1n) is 9.96. The van der Waals surface area contributed by atoms with Gasteiger partial charge in [-0.2, -0.15) is 0 Å². The molecule has 0 bridgehead atoms. The van der Waals surface area contributed by atoms with E-state index in [-0.39, 0.29) is 17.7 Å². The van der Waals surface area contributed by atoms with Gasteiger partial charge in [0, 0.05) is 19.5 Å². The predicted molar refractivity (Wildman–Crippen MR) is 106 cm³/mol. The van der Waals surface area contributed by atoms with Crippen LogP contribution in [0.5, 0.6) is 0 Å². The molecule has 2 aromatic rings. The van der Waals surface area contributed by atoms with Crippen LogP contribution in [0.1, 0.15) is 52.0 Å². The number of amides is 3. The molecule has 3 amide bonds. The Kier molecular flexibility index (Phi) is 5.24. The van der Waals surface area contributed by atoms with Gasteiger partial charge in [-0.15, -0.1) is 0 Å².